The van der Waals surface area contributed by atoms with Gasteiger partial charge in [-0.2, -0.15) is 0 Å². The number of amides is 1. The second-order valence-corrected chi connectivity index (χ2v) is 6.23. The molecule has 114 valence electrons. The fourth-order valence-electron chi connectivity index (χ4n) is 3.61. The molecule has 1 saturated heterocycles. The number of carbonyl (C=O) groups is 1. The quantitative estimate of drug-likeness (QED) is 0.924. The highest BCUT2D eigenvalue weighted by Crippen LogP contribution is 2.31. The summed E-state index contributed by atoms with van der Waals surface area (Å²) in [6.07, 6.45) is 6.83. The van der Waals surface area contributed by atoms with E-state index in [1.54, 1.807) is 0 Å². The molecule has 2 aliphatic rings. The van der Waals surface area contributed by atoms with Crippen molar-refractivity contribution in [2.75, 3.05) is 13.1 Å². The smallest absolute Gasteiger partial charge is 0.234 e. The van der Waals surface area contributed by atoms with Gasteiger partial charge in [-0.3, -0.25) is 9.69 Å². The fraction of sp³-hybridized carbons (Fsp3) is 0.588. The van der Waals surface area contributed by atoms with E-state index in [0.717, 1.165) is 37.8 Å². The van der Waals surface area contributed by atoms with Crippen LogP contribution in [0.4, 0.5) is 4.39 Å². The molecule has 0 spiro atoms. The van der Waals surface area contributed by atoms with E-state index >= 15 is 0 Å². The van der Waals surface area contributed by atoms with Crippen molar-refractivity contribution in [2.24, 2.45) is 0 Å². The molecule has 1 N–H and O–H groups in total. The molecule has 1 aliphatic heterocycles. The largest absolute Gasteiger partial charge is 0.352 e. The molecule has 0 bridgehead atoms. The molecule has 1 atom stereocenters. The lowest BCUT2D eigenvalue weighted by Crippen LogP contribution is -2.40. The van der Waals surface area contributed by atoms with Gasteiger partial charge in [0, 0.05) is 12.1 Å². The highest BCUT2D eigenvalue weighted by molar-refractivity contribution is 5.78. The Morgan fingerprint density at radius 1 is 1.14 bits per heavy atom. The standard InChI is InChI=1S/C17H23FN2O/c18-14-9-7-13(8-10-14)16-6-3-11-20(16)12-17(21)19-15-4-1-2-5-15/h7-10,15-16H,1-6,11-12H2,(H,19,21). The minimum Gasteiger partial charge on any atom is -0.352 e. The first kappa shape index (κ1) is 14.5. The van der Waals surface area contributed by atoms with Gasteiger partial charge < -0.3 is 5.32 Å². The van der Waals surface area contributed by atoms with Crippen LogP contribution in [0.3, 0.4) is 0 Å². The molecule has 1 amide bonds. The molecular weight excluding hydrogens is 267 g/mol. The third-order valence-corrected chi connectivity index (χ3v) is 4.69. The molecule has 0 radical (unpaired) electrons. The highest BCUT2D eigenvalue weighted by atomic mass is 19.1. The third-order valence-electron chi connectivity index (χ3n) is 4.69. The van der Waals surface area contributed by atoms with Crippen LogP contribution in [0.15, 0.2) is 24.3 Å². The van der Waals surface area contributed by atoms with Gasteiger partial charge in [0.2, 0.25) is 5.91 Å². The van der Waals surface area contributed by atoms with Gasteiger partial charge in [-0.15, -0.1) is 0 Å². The van der Waals surface area contributed by atoms with Gasteiger partial charge in [-0.1, -0.05) is 25.0 Å². The van der Waals surface area contributed by atoms with E-state index in [1.165, 1.54) is 25.0 Å². The Morgan fingerprint density at radius 2 is 1.86 bits per heavy atom. The molecule has 1 aromatic carbocycles. The zero-order valence-corrected chi connectivity index (χ0v) is 12.4. The molecule has 3 nitrogen and oxygen atoms in total. The fourth-order valence-corrected chi connectivity index (χ4v) is 3.61. The van der Waals surface area contributed by atoms with Crippen molar-refractivity contribution < 1.29 is 9.18 Å². The van der Waals surface area contributed by atoms with Crippen LogP contribution in [0.25, 0.3) is 0 Å². The highest BCUT2D eigenvalue weighted by Gasteiger charge is 2.28. The van der Waals surface area contributed by atoms with Crippen LogP contribution in [0.5, 0.6) is 0 Å². The van der Waals surface area contributed by atoms with Gasteiger partial charge in [0.15, 0.2) is 0 Å². The average molecular weight is 290 g/mol. The predicted octanol–water partition coefficient (Wildman–Crippen LogP) is 3.02. The molecular formula is C17H23FN2O. The molecule has 0 aromatic heterocycles. The number of nitrogens with one attached hydrogen (secondary N) is 1. The number of hydrogen-bond acceptors (Lipinski definition) is 2. The summed E-state index contributed by atoms with van der Waals surface area (Å²) >= 11 is 0. The maximum Gasteiger partial charge on any atom is 0.234 e. The molecule has 1 saturated carbocycles. The zero-order valence-electron chi connectivity index (χ0n) is 12.4. The lowest BCUT2D eigenvalue weighted by molar-refractivity contribution is -0.123. The average Bonchev–Trinajstić information content (AvgIpc) is 3.11. The molecule has 1 unspecified atom stereocenters. The van der Waals surface area contributed by atoms with Crippen molar-refractivity contribution in [3.63, 3.8) is 0 Å². The summed E-state index contributed by atoms with van der Waals surface area (Å²) < 4.78 is 13.0. The molecule has 2 fully saturated rings. The maximum atomic E-state index is 13.0. The topological polar surface area (TPSA) is 32.3 Å². The molecule has 4 heteroatoms. The Hall–Kier alpha value is -1.42. The van der Waals surface area contributed by atoms with Crippen LogP contribution in [-0.2, 0) is 4.79 Å². The van der Waals surface area contributed by atoms with E-state index in [-0.39, 0.29) is 17.8 Å². The van der Waals surface area contributed by atoms with Crippen LogP contribution in [0.1, 0.15) is 50.1 Å². The lowest BCUT2D eigenvalue weighted by atomic mass is 10.0. The van der Waals surface area contributed by atoms with Crippen molar-refractivity contribution in [1.82, 2.24) is 10.2 Å². The van der Waals surface area contributed by atoms with Gasteiger partial charge in [-0.25, -0.2) is 4.39 Å². The number of likely N-dealkylation sites (tertiary alicyclic amines) is 1. The Bertz CT molecular complexity index is 482. The monoisotopic (exact) mass is 290 g/mol. The second-order valence-electron chi connectivity index (χ2n) is 6.23. The van der Waals surface area contributed by atoms with Gasteiger partial charge in [0.1, 0.15) is 5.82 Å². The van der Waals surface area contributed by atoms with E-state index in [4.69, 9.17) is 0 Å². The number of halogens is 1. The molecule has 1 aliphatic carbocycles. The van der Waals surface area contributed by atoms with E-state index < -0.39 is 0 Å². The van der Waals surface area contributed by atoms with Crippen molar-refractivity contribution in [3.8, 4) is 0 Å². The van der Waals surface area contributed by atoms with Gasteiger partial charge >= 0.3 is 0 Å². The third kappa shape index (κ3) is 3.62. The normalized spacial score (nSPS) is 23.6. The first-order valence-electron chi connectivity index (χ1n) is 8.01. The first-order valence-corrected chi connectivity index (χ1v) is 8.01. The van der Waals surface area contributed by atoms with Crippen LogP contribution in [-0.4, -0.2) is 29.9 Å². The number of benzene rings is 1. The predicted molar refractivity (Wildman–Crippen MR) is 80.3 cm³/mol. The minimum atomic E-state index is -0.206. The second kappa shape index (κ2) is 6.56. The number of carbonyl (C=O) groups excluding carboxylic acids is 1. The van der Waals surface area contributed by atoms with Crippen molar-refractivity contribution in [1.29, 1.82) is 0 Å². The summed E-state index contributed by atoms with van der Waals surface area (Å²) in [5, 5.41) is 3.15. The Kier molecular flexibility index (Phi) is 4.54. The van der Waals surface area contributed by atoms with Crippen LogP contribution in [0.2, 0.25) is 0 Å². The lowest BCUT2D eigenvalue weighted by Gasteiger charge is -2.25. The summed E-state index contributed by atoms with van der Waals surface area (Å²) in [6.45, 7) is 1.40. The van der Waals surface area contributed by atoms with E-state index in [9.17, 15) is 9.18 Å². The maximum absolute atomic E-state index is 13.0. The zero-order chi connectivity index (χ0) is 14.7. The molecule has 1 aromatic rings. The number of nitrogens with zero attached hydrogens (tertiary/aromatic N) is 1. The van der Waals surface area contributed by atoms with Crippen molar-refractivity contribution >= 4 is 5.91 Å². The number of hydrogen-bond donors (Lipinski definition) is 1. The van der Waals surface area contributed by atoms with Crippen LogP contribution < -0.4 is 5.32 Å². The van der Waals surface area contributed by atoms with E-state index in [2.05, 4.69) is 10.2 Å². The summed E-state index contributed by atoms with van der Waals surface area (Å²) in [7, 11) is 0. The van der Waals surface area contributed by atoms with Crippen molar-refractivity contribution in [3.05, 3.63) is 35.6 Å². The molecule has 21 heavy (non-hydrogen) atoms. The van der Waals surface area contributed by atoms with Crippen LogP contribution in [0, 0.1) is 5.82 Å². The summed E-state index contributed by atoms with van der Waals surface area (Å²) in [5.74, 6) is -0.0711. The van der Waals surface area contributed by atoms with E-state index in [1.807, 2.05) is 12.1 Å². The van der Waals surface area contributed by atoms with Gasteiger partial charge in [0.05, 0.1) is 6.54 Å². The minimum absolute atomic E-state index is 0.135. The van der Waals surface area contributed by atoms with Crippen molar-refractivity contribution in [2.45, 2.75) is 50.6 Å². The Morgan fingerprint density at radius 3 is 2.57 bits per heavy atom. The van der Waals surface area contributed by atoms with E-state index in [0.29, 0.717) is 12.6 Å². The SMILES string of the molecule is O=C(CN1CCCC1c1ccc(F)cc1)NC1CCCC1. The summed E-state index contributed by atoms with van der Waals surface area (Å²) in [5.41, 5.74) is 1.11. The van der Waals surface area contributed by atoms with Gasteiger partial charge in [0.25, 0.3) is 0 Å². The Labute approximate surface area is 125 Å². The number of rotatable bonds is 4. The van der Waals surface area contributed by atoms with Crippen LogP contribution >= 0.6 is 0 Å². The van der Waals surface area contributed by atoms with Gasteiger partial charge in [-0.05, 0) is 49.9 Å². The Balaban J connectivity index is 1.58. The molecule has 3 rings (SSSR count). The summed E-state index contributed by atoms with van der Waals surface area (Å²) in [4.78, 5) is 14.4. The summed E-state index contributed by atoms with van der Waals surface area (Å²) in [6, 6.07) is 7.32. The molecule has 1 heterocycles. The first-order chi connectivity index (χ1) is 10.2.